The summed E-state index contributed by atoms with van der Waals surface area (Å²) >= 11 is 0. The molecular weight excluding hydrogens is 512 g/mol. The first kappa shape index (κ1) is 24.9. The highest BCUT2D eigenvalue weighted by Crippen LogP contribution is 2.47. The van der Waals surface area contributed by atoms with Crippen molar-refractivity contribution in [3.05, 3.63) is 82.9 Å². The minimum absolute atomic E-state index is 0.0542. The van der Waals surface area contributed by atoms with Gasteiger partial charge in [-0.1, -0.05) is 24.3 Å². The molecular formula is C31H30N2O7. The van der Waals surface area contributed by atoms with Crippen LogP contribution in [-0.4, -0.2) is 60.1 Å². The number of fused-ring (bicyclic) bond motifs is 5. The van der Waals surface area contributed by atoms with Crippen molar-refractivity contribution in [2.24, 2.45) is 0 Å². The van der Waals surface area contributed by atoms with E-state index in [0.29, 0.717) is 48.0 Å². The van der Waals surface area contributed by atoms with E-state index in [0.717, 1.165) is 12.0 Å². The monoisotopic (exact) mass is 542 g/mol. The van der Waals surface area contributed by atoms with Crippen LogP contribution in [0.4, 0.5) is 5.69 Å². The first-order valence-corrected chi connectivity index (χ1v) is 13.7. The molecule has 40 heavy (non-hydrogen) atoms. The molecule has 2 amide bonds. The van der Waals surface area contributed by atoms with Crippen LogP contribution >= 0.6 is 0 Å². The zero-order chi connectivity index (χ0) is 27.2. The third-order valence-corrected chi connectivity index (χ3v) is 8.28. The van der Waals surface area contributed by atoms with Gasteiger partial charge in [0.2, 0.25) is 12.7 Å². The number of aliphatic hydroxyl groups is 1. The van der Waals surface area contributed by atoms with Crippen molar-refractivity contribution in [1.82, 2.24) is 4.90 Å². The van der Waals surface area contributed by atoms with Gasteiger partial charge in [-0.2, -0.15) is 0 Å². The molecule has 1 fully saturated rings. The van der Waals surface area contributed by atoms with E-state index in [-0.39, 0.29) is 49.8 Å². The summed E-state index contributed by atoms with van der Waals surface area (Å²) in [6.07, 6.45) is 0.441. The lowest BCUT2D eigenvalue weighted by Crippen LogP contribution is -2.48. The number of hydrogen-bond acceptors (Lipinski definition) is 7. The second kappa shape index (κ2) is 10.1. The first-order valence-electron chi connectivity index (χ1n) is 13.7. The number of anilines is 1. The Balaban J connectivity index is 1.05. The van der Waals surface area contributed by atoms with Crippen LogP contribution in [0.3, 0.4) is 0 Å². The molecule has 0 bridgehead atoms. The molecule has 4 aliphatic heterocycles. The molecule has 7 rings (SSSR count). The maximum Gasteiger partial charge on any atom is 0.255 e. The Hall–Kier alpha value is -4.08. The van der Waals surface area contributed by atoms with Gasteiger partial charge >= 0.3 is 0 Å². The van der Waals surface area contributed by atoms with Crippen molar-refractivity contribution in [3.63, 3.8) is 0 Å². The third kappa shape index (κ3) is 4.55. The lowest BCUT2D eigenvalue weighted by atomic mass is 9.84. The van der Waals surface area contributed by atoms with Crippen molar-refractivity contribution >= 4 is 17.5 Å². The second-order valence-corrected chi connectivity index (χ2v) is 10.7. The Bertz CT molecular complexity index is 1470. The number of amides is 2. The minimum Gasteiger partial charge on any atom is -0.487 e. The van der Waals surface area contributed by atoms with E-state index in [1.165, 1.54) is 11.1 Å². The summed E-state index contributed by atoms with van der Waals surface area (Å²) in [4.78, 5) is 28.1. The molecule has 9 nitrogen and oxygen atoms in total. The number of nitrogens with zero attached hydrogens (tertiary/aromatic N) is 1. The van der Waals surface area contributed by atoms with Crippen molar-refractivity contribution in [3.8, 4) is 17.2 Å². The van der Waals surface area contributed by atoms with Gasteiger partial charge in [0.15, 0.2) is 11.5 Å². The Kier molecular flexibility index (Phi) is 6.32. The Labute approximate surface area is 231 Å². The highest BCUT2D eigenvalue weighted by atomic mass is 16.7. The van der Waals surface area contributed by atoms with Gasteiger partial charge in [-0.3, -0.25) is 9.59 Å². The van der Waals surface area contributed by atoms with E-state index >= 15 is 0 Å². The van der Waals surface area contributed by atoms with E-state index in [2.05, 4.69) is 17.4 Å². The van der Waals surface area contributed by atoms with Crippen LogP contribution in [0.5, 0.6) is 17.2 Å². The lowest BCUT2D eigenvalue weighted by Gasteiger charge is -2.38. The largest absolute Gasteiger partial charge is 0.487 e. The van der Waals surface area contributed by atoms with Gasteiger partial charge in [0.25, 0.3) is 5.91 Å². The predicted molar refractivity (Wildman–Crippen MR) is 145 cm³/mol. The molecule has 4 heterocycles. The maximum atomic E-state index is 13.3. The van der Waals surface area contributed by atoms with E-state index in [1.54, 1.807) is 24.3 Å². The van der Waals surface area contributed by atoms with Crippen LogP contribution in [0, 0.1) is 0 Å². The van der Waals surface area contributed by atoms with Crippen LogP contribution in [0.15, 0.2) is 60.7 Å². The van der Waals surface area contributed by atoms with E-state index < -0.39 is 6.10 Å². The molecule has 206 valence electrons. The van der Waals surface area contributed by atoms with E-state index in [1.807, 2.05) is 29.2 Å². The van der Waals surface area contributed by atoms with Gasteiger partial charge in [0, 0.05) is 35.8 Å². The molecule has 0 radical (unpaired) electrons. The molecule has 0 aromatic heterocycles. The number of hydrogen-bond donors (Lipinski definition) is 2. The average molecular weight is 543 g/mol. The minimum atomic E-state index is -0.544. The molecule has 0 saturated carbocycles. The Morgan fingerprint density at radius 2 is 1.80 bits per heavy atom. The first-order chi connectivity index (χ1) is 19.6. The normalized spacial score (nSPS) is 24.0. The van der Waals surface area contributed by atoms with Crippen LogP contribution < -0.4 is 19.5 Å². The molecule has 9 heteroatoms. The SMILES string of the molecule is O=C(Nc1ccc2c(c1)[C@H]1C[C@H](CC(=O)N3CCc4ccccc4C3)O[C@@H](CO)[C@H]1O2)c1ccc2c(c1)OCO2. The van der Waals surface area contributed by atoms with Gasteiger partial charge < -0.3 is 34.3 Å². The molecule has 3 aromatic carbocycles. The van der Waals surface area contributed by atoms with Crippen LogP contribution in [0.25, 0.3) is 0 Å². The summed E-state index contributed by atoms with van der Waals surface area (Å²) in [5.74, 6) is 1.60. The number of nitrogens with one attached hydrogen (secondary N) is 1. The summed E-state index contributed by atoms with van der Waals surface area (Å²) < 4.78 is 23.1. The molecule has 1 saturated heterocycles. The highest BCUT2D eigenvalue weighted by molar-refractivity contribution is 6.04. The second-order valence-electron chi connectivity index (χ2n) is 10.7. The lowest BCUT2D eigenvalue weighted by molar-refractivity contribution is -0.149. The number of carbonyl (C=O) groups excluding carboxylic acids is 2. The summed E-state index contributed by atoms with van der Waals surface area (Å²) in [5, 5.41) is 13.1. The van der Waals surface area contributed by atoms with E-state index in [9.17, 15) is 14.7 Å². The quantitative estimate of drug-likeness (QED) is 0.507. The summed E-state index contributed by atoms with van der Waals surface area (Å²) in [6.45, 7) is 1.24. The molecule has 2 N–H and O–H groups in total. The maximum absolute atomic E-state index is 13.3. The fourth-order valence-corrected chi connectivity index (χ4v) is 6.24. The predicted octanol–water partition coefficient (Wildman–Crippen LogP) is 3.64. The molecule has 4 atom stereocenters. The van der Waals surface area contributed by atoms with Crippen molar-refractivity contribution in [1.29, 1.82) is 0 Å². The van der Waals surface area contributed by atoms with Gasteiger partial charge in [0.1, 0.15) is 18.0 Å². The number of benzene rings is 3. The van der Waals surface area contributed by atoms with Gasteiger partial charge in [-0.25, -0.2) is 0 Å². The van der Waals surface area contributed by atoms with Gasteiger partial charge in [0.05, 0.1) is 19.1 Å². The third-order valence-electron chi connectivity index (χ3n) is 8.28. The number of rotatable bonds is 5. The Morgan fingerprint density at radius 1 is 0.975 bits per heavy atom. The van der Waals surface area contributed by atoms with Crippen molar-refractivity contribution in [2.75, 3.05) is 25.3 Å². The van der Waals surface area contributed by atoms with E-state index in [4.69, 9.17) is 18.9 Å². The average Bonchev–Trinajstić information content (AvgIpc) is 3.60. The number of carbonyl (C=O) groups is 2. The molecule has 3 aromatic rings. The van der Waals surface area contributed by atoms with Crippen LogP contribution in [0.1, 0.15) is 45.8 Å². The zero-order valence-electron chi connectivity index (χ0n) is 21.9. The fraction of sp³-hybridized carbons (Fsp3) is 0.355. The van der Waals surface area contributed by atoms with Gasteiger partial charge in [-0.15, -0.1) is 0 Å². The van der Waals surface area contributed by atoms with Crippen molar-refractivity contribution < 1.29 is 33.6 Å². The van der Waals surface area contributed by atoms with Crippen LogP contribution in [-0.2, 0) is 22.5 Å². The molecule has 0 unspecified atom stereocenters. The van der Waals surface area contributed by atoms with Crippen LogP contribution in [0.2, 0.25) is 0 Å². The van der Waals surface area contributed by atoms with Crippen molar-refractivity contribution in [2.45, 2.75) is 50.0 Å². The molecule has 0 spiro atoms. The fourth-order valence-electron chi connectivity index (χ4n) is 6.24. The summed E-state index contributed by atoms with van der Waals surface area (Å²) in [7, 11) is 0. The zero-order valence-corrected chi connectivity index (χ0v) is 21.9. The molecule has 4 aliphatic rings. The number of aliphatic hydroxyl groups excluding tert-OH is 1. The Morgan fingerprint density at radius 3 is 2.67 bits per heavy atom. The smallest absolute Gasteiger partial charge is 0.255 e. The molecule has 0 aliphatic carbocycles. The highest BCUT2D eigenvalue weighted by Gasteiger charge is 2.46. The summed E-state index contributed by atoms with van der Waals surface area (Å²) in [6, 6.07) is 18.9. The topological polar surface area (TPSA) is 107 Å². The standard InChI is InChI=1S/C31H30N2O7/c34-16-28-30-24(13-22(39-28)14-29(35)33-10-9-18-3-1-2-4-20(18)15-33)23-12-21(6-8-25(23)40-30)32-31(36)19-5-7-26-27(11-19)38-17-37-26/h1-8,11-12,22,24,28,30,34H,9-10,13-17H2,(H,32,36)/t22-,24-,28+,30+/m1/s1. The van der Waals surface area contributed by atoms with Gasteiger partial charge in [-0.05, 0) is 60.4 Å². The number of ether oxygens (including phenoxy) is 4. The summed E-state index contributed by atoms with van der Waals surface area (Å²) in [5.41, 5.74) is 4.53.